The highest BCUT2D eigenvalue weighted by atomic mass is 16.6. The summed E-state index contributed by atoms with van der Waals surface area (Å²) in [6.07, 6.45) is 7.39. The van der Waals surface area contributed by atoms with Crippen LogP contribution in [0.2, 0.25) is 0 Å². The molecule has 1 N–H and O–H groups in total. The Morgan fingerprint density at radius 2 is 1.92 bits per heavy atom. The van der Waals surface area contributed by atoms with Crippen LogP contribution in [0.3, 0.4) is 0 Å². The van der Waals surface area contributed by atoms with Gasteiger partial charge < -0.3 is 14.6 Å². The van der Waals surface area contributed by atoms with Gasteiger partial charge in [0, 0.05) is 5.56 Å². The normalized spacial score (nSPS) is 10.5. The molecule has 140 valence electrons. The van der Waals surface area contributed by atoms with Crippen LogP contribution < -0.4 is 4.74 Å². The van der Waals surface area contributed by atoms with Crippen molar-refractivity contribution in [2.45, 2.75) is 20.8 Å². The summed E-state index contributed by atoms with van der Waals surface area (Å²) < 4.78 is 10.2. The lowest BCUT2D eigenvalue weighted by Crippen LogP contribution is -2.16. The van der Waals surface area contributed by atoms with Crippen molar-refractivity contribution in [3.8, 4) is 5.75 Å². The molecule has 1 rings (SSSR count). The van der Waals surface area contributed by atoms with Crippen LogP contribution in [0, 0.1) is 0 Å². The van der Waals surface area contributed by atoms with Crippen molar-refractivity contribution >= 4 is 18.2 Å². The van der Waals surface area contributed by atoms with Gasteiger partial charge in [0.15, 0.2) is 12.9 Å². The Morgan fingerprint density at radius 1 is 1.23 bits per heavy atom. The maximum absolute atomic E-state index is 11.6. The third-order valence-corrected chi connectivity index (χ3v) is 2.90. The van der Waals surface area contributed by atoms with E-state index in [2.05, 4.69) is 6.58 Å². The van der Waals surface area contributed by atoms with Crippen molar-refractivity contribution in [2.75, 3.05) is 13.2 Å². The van der Waals surface area contributed by atoms with E-state index in [-0.39, 0.29) is 30.1 Å². The van der Waals surface area contributed by atoms with Crippen molar-refractivity contribution in [1.82, 2.24) is 0 Å². The van der Waals surface area contributed by atoms with E-state index in [0.29, 0.717) is 6.29 Å². The van der Waals surface area contributed by atoms with Gasteiger partial charge in [-0.2, -0.15) is 0 Å². The molecule has 0 aliphatic heterocycles. The molecular formula is C20H24O6. The molecular weight excluding hydrogens is 336 g/mol. The Balaban J connectivity index is 0.00000301. The largest absolute Gasteiger partial charge is 0.482 e. The van der Waals surface area contributed by atoms with Crippen molar-refractivity contribution in [3.63, 3.8) is 0 Å². The first kappa shape index (κ1) is 22.9. The summed E-state index contributed by atoms with van der Waals surface area (Å²) in [5, 5.41) is 8.92. The van der Waals surface area contributed by atoms with E-state index in [1.807, 2.05) is 26.8 Å². The van der Waals surface area contributed by atoms with Gasteiger partial charge in [-0.1, -0.05) is 44.7 Å². The first-order valence-corrected chi connectivity index (χ1v) is 8.07. The van der Waals surface area contributed by atoms with E-state index in [4.69, 9.17) is 14.6 Å². The third-order valence-electron chi connectivity index (χ3n) is 2.90. The number of carboxylic acid groups (broad SMARTS) is 1. The average molecular weight is 360 g/mol. The standard InChI is InChI=1S/C18H18O6.C2H6/c1-3-5-6-13(4-2)11-24-17(20)12-23-15-7-8-16(18(21)22)14(9-15)10-19;1-2/h3-10H,2,11-12H2,1H3,(H,21,22);1-2H3/b5-3-,13-6+;. The van der Waals surface area contributed by atoms with Crippen LogP contribution in [0.15, 0.2) is 54.7 Å². The summed E-state index contributed by atoms with van der Waals surface area (Å²) in [5.74, 6) is -1.61. The van der Waals surface area contributed by atoms with Gasteiger partial charge in [0.1, 0.15) is 12.4 Å². The number of hydrogen-bond donors (Lipinski definition) is 1. The Bertz CT molecular complexity index is 686. The number of rotatable bonds is 9. The molecule has 0 aromatic heterocycles. The number of carbonyl (C=O) groups is 3. The molecule has 0 aliphatic rings. The Kier molecular flexibility index (Phi) is 11.6. The molecule has 1 aromatic carbocycles. The van der Waals surface area contributed by atoms with Gasteiger partial charge in [0.2, 0.25) is 0 Å². The number of aromatic carboxylic acids is 1. The number of ether oxygens (including phenoxy) is 2. The van der Waals surface area contributed by atoms with Crippen LogP contribution in [0.1, 0.15) is 41.5 Å². The summed E-state index contributed by atoms with van der Waals surface area (Å²) in [5.41, 5.74) is 0.566. The first-order chi connectivity index (χ1) is 12.5. The summed E-state index contributed by atoms with van der Waals surface area (Å²) >= 11 is 0. The van der Waals surface area contributed by atoms with Crippen LogP contribution in [0.5, 0.6) is 5.75 Å². The lowest BCUT2D eigenvalue weighted by molar-refractivity contribution is -0.144. The second kappa shape index (κ2) is 13.2. The number of allylic oxidation sites excluding steroid dienone is 3. The number of aldehydes is 1. The molecule has 0 saturated carbocycles. The summed E-state index contributed by atoms with van der Waals surface area (Å²) in [4.78, 5) is 33.5. The molecule has 0 atom stereocenters. The van der Waals surface area contributed by atoms with Gasteiger partial charge in [0.25, 0.3) is 0 Å². The van der Waals surface area contributed by atoms with Crippen LogP contribution in [-0.4, -0.2) is 36.5 Å². The van der Waals surface area contributed by atoms with Gasteiger partial charge in [-0.25, -0.2) is 9.59 Å². The number of esters is 1. The van der Waals surface area contributed by atoms with E-state index in [1.54, 1.807) is 18.2 Å². The fraction of sp³-hybridized carbons (Fsp3) is 0.250. The number of benzene rings is 1. The molecule has 0 heterocycles. The molecule has 0 fully saturated rings. The lowest BCUT2D eigenvalue weighted by Gasteiger charge is -2.08. The second-order valence-electron chi connectivity index (χ2n) is 4.59. The second-order valence-corrected chi connectivity index (χ2v) is 4.59. The van der Waals surface area contributed by atoms with Crippen LogP contribution in [-0.2, 0) is 9.53 Å². The van der Waals surface area contributed by atoms with Crippen molar-refractivity contribution in [2.24, 2.45) is 0 Å². The molecule has 1 aromatic rings. The number of hydrogen-bond acceptors (Lipinski definition) is 5. The maximum Gasteiger partial charge on any atom is 0.344 e. The van der Waals surface area contributed by atoms with Crippen molar-refractivity contribution in [1.29, 1.82) is 0 Å². The summed E-state index contributed by atoms with van der Waals surface area (Å²) in [6.45, 7) is 9.18. The van der Waals surface area contributed by atoms with Crippen molar-refractivity contribution < 1.29 is 29.0 Å². The molecule has 0 saturated heterocycles. The van der Waals surface area contributed by atoms with E-state index in [9.17, 15) is 14.4 Å². The van der Waals surface area contributed by atoms with Gasteiger partial charge in [0.05, 0.1) is 5.56 Å². The highest BCUT2D eigenvalue weighted by Gasteiger charge is 2.11. The van der Waals surface area contributed by atoms with Crippen molar-refractivity contribution in [3.05, 3.63) is 65.8 Å². The zero-order valence-corrected chi connectivity index (χ0v) is 15.2. The molecule has 0 amide bonds. The van der Waals surface area contributed by atoms with E-state index < -0.39 is 11.9 Å². The number of carboxylic acids is 1. The fourth-order valence-corrected chi connectivity index (χ4v) is 1.67. The molecule has 0 spiro atoms. The van der Waals surface area contributed by atoms with E-state index in [0.717, 1.165) is 5.57 Å². The monoisotopic (exact) mass is 360 g/mol. The van der Waals surface area contributed by atoms with Gasteiger partial charge in [-0.15, -0.1) is 0 Å². The zero-order chi connectivity index (χ0) is 19.9. The predicted octanol–water partition coefficient (Wildman–Crippen LogP) is 3.83. The Labute approximate surface area is 153 Å². The number of carbonyl (C=O) groups excluding carboxylic acids is 2. The minimum Gasteiger partial charge on any atom is -0.482 e. The van der Waals surface area contributed by atoms with Gasteiger partial charge in [-0.3, -0.25) is 4.79 Å². The van der Waals surface area contributed by atoms with Gasteiger partial charge >= 0.3 is 11.9 Å². The fourth-order valence-electron chi connectivity index (χ4n) is 1.67. The summed E-state index contributed by atoms with van der Waals surface area (Å²) in [7, 11) is 0. The quantitative estimate of drug-likeness (QED) is 0.409. The average Bonchev–Trinajstić information content (AvgIpc) is 2.67. The van der Waals surface area contributed by atoms with E-state index in [1.165, 1.54) is 18.2 Å². The molecule has 0 bridgehead atoms. The lowest BCUT2D eigenvalue weighted by atomic mass is 10.1. The van der Waals surface area contributed by atoms with Crippen LogP contribution in [0.25, 0.3) is 0 Å². The molecule has 0 radical (unpaired) electrons. The molecule has 0 unspecified atom stereocenters. The highest BCUT2D eigenvalue weighted by Crippen LogP contribution is 2.17. The van der Waals surface area contributed by atoms with E-state index >= 15 is 0 Å². The SMILES string of the molecule is C=C/C(=C\C=C/C)COC(=O)COc1ccc(C(=O)O)c(C=O)c1.CC. The molecule has 26 heavy (non-hydrogen) atoms. The zero-order valence-electron chi connectivity index (χ0n) is 15.2. The predicted molar refractivity (Wildman–Crippen MR) is 99.7 cm³/mol. The Hall–Kier alpha value is -3.15. The highest BCUT2D eigenvalue weighted by molar-refractivity contribution is 5.97. The molecule has 0 aliphatic carbocycles. The topological polar surface area (TPSA) is 89.9 Å². The third kappa shape index (κ3) is 8.10. The minimum absolute atomic E-state index is 0.0309. The molecule has 6 heteroatoms. The molecule has 6 nitrogen and oxygen atoms in total. The summed E-state index contributed by atoms with van der Waals surface area (Å²) in [6, 6.07) is 3.86. The maximum atomic E-state index is 11.6. The first-order valence-electron chi connectivity index (χ1n) is 8.07. The van der Waals surface area contributed by atoms with Gasteiger partial charge in [-0.05, 0) is 30.7 Å². The van der Waals surface area contributed by atoms with Crippen LogP contribution >= 0.6 is 0 Å². The smallest absolute Gasteiger partial charge is 0.344 e. The van der Waals surface area contributed by atoms with Crippen LogP contribution in [0.4, 0.5) is 0 Å². The Morgan fingerprint density at radius 3 is 2.46 bits per heavy atom. The minimum atomic E-state index is -1.21.